The zero-order chi connectivity index (χ0) is 16.3. The quantitative estimate of drug-likeness (QED) is 0.879. The number of hydrogen-bond acceptors (Lipinski definition) is 4. The monoisotopic (exact) mass is 319 g/mol. The summed E-state index contributed by atoms with van der Waals surface area (Å²) in [4.78, 5) is 23.8. The number of amides is 1. The Morgan fingerprint density at radius 2 is 1.91 bits per heavy atom. The van der Waals surface area contributed by atoms with Gasteiger partial charge in [0, 0.05) is 18.8 Å². The van der Waals surface area contributed by atoms with Gasteiger partial charge in [0.2, 0.25) is 0 Å². The molecule has 0 aromatic heterocycles. The van der Waals surface area contributed by atoms with Crippen molar-refractivity contribution in [2.45, 2.75) is 37.8 Å². The molecule has 0 radical (unpaired) electrons. The lowest BCUT2D eigenvalue weighted by molar-refractivity contribution is -0.139. The van der Waals surface area contributed by atoms with Crippen LogP contribution in [-0.2, 0) is 27.3 Å². The van der Waals surface area contributed by atoms with Gasteiger partial charge in [-0.15, -0.1) is 0 Å². The first-order valence-electron chi connectivity index (χ1n) is 7.90. The van der Waals surface area contributed by atoms with E-state index in [0.29, 0.717) is 44.8 Å². The van der Waals surface area contributed by atoms with Crippen LogP contribution in [-0.4, -0.2) is 42.3 Å². The van der Waals surface area contributed by atoms with Crippen molar-refractivity contribution >= 4 is 11.9 Å². The molecule has 2 aliphatic heterocycles. The van der Waals surface area contributed by atoms with Crippen LogP contribution in [0.1, 0.15) is 40.7 Å². The third-order valence-corrected chi connectivity index (χ3v) is 4.56. The fraction of sp³-hybridized carbons (Fsp3) is 0.529. The molecule has 0 spiro atoms. The molecule has 6 nitrogen and oxygen atoms in total. The van der Waals surface area contributed by atoms with Gasteiger partial charge < -0.3 is 19.9 Å². The van der Waals surface area contributed by atoms with Crippen molar-refractivity contribution in [2.75, 3.05) is 19.8 Å². The summed E-state index contributed by atoms with van der Waals surface area (Å²) >= 11 is 0. The Balaban J connectivity index is 1.77. The minimum Gasteiger partial charge on any atom is -0.481 e. The number of carbonyl (C=O) groups excluding carboxylic acids is 1. The van der Waals surface area contributed by atoms with Gasteiger partial charge in [0.15, 0.2) is 0 Å². The van der Waals surface area contributed by atoms with Crippen LogP contribution in [0, 0.1) is 0 Å². The SMILES string of the molecule is O=C(O)CC1(NC(=O)c2ccc3c(c2)CCOC3)CCOCC1. The molecular formula is C17H21NO5. The van der Waals surface area contributed by atoms with Crippen LogP contribution in [0.5, 0.6) is 0 Å². The van der Waals surface area contributed by atoms with E-state index in [2.05, 4.69) is 5.32 Å². The van der Waals surface area contributed by atoms with E-state index in [1.54, 1.807) is 6.07 Å². The summed E-state index contributed by atoms with van der Waals surface area (Å²) in [5.74, 6) is -1.13. The fourth-order valence-corrected chi connectivity index (χ4v) is 3.22. The second kappa shape index (κ2) is 6.68. The fourth-order valence-electron chi connectivity index (χ4n) is 3.22. The molecule has 124 valence electrons. The number of carboxylic acid groups (broad SMARTS) is 1. The van der Waals surface area contributed by atoms with Gasteiger partial charge in [0.1, 0.15) is 0 Å². The van der Waals surface area contributed by atoms with E-state index in [9.17, 15) is 9.59 Å². The summed E-state index contributed by atoms with van der Waals surface area (Å²) in [6.45, 7) is 2.18. The van der Waals surface area contributed by atoms with Crippen molar-refractivity contribution in [3.8, 4) is 0 Å². The average molecular weight is 319 g/mol. The number of aliphatic carboxylic acids is 1. The zero-order valence-corrected chi connectivity index (χ0v) is 13.0. The van der Waals surface area contributed by atoms with Gasteiger partial charge >= 0.3 is 5.97 Å². The first-order chi connectivity index (χ1) is 11.1. The molecule has 0 atom stereocenters. The van der Waals surface area contributed by atoms with Crippen LogP contribution in [0.25, 0.3) is 0 Å². The highest BCUT2D eigenvalue weighted by Gasteiger charge is 2.36. The third-order valence-electron chi connectivity index (χ3n) is 4.56. The zero-order valence-electron chi connectivity index (χ0n) is 13.0. The van der Waals surface area contributed by atoms with E-state index in [0.717, 1.165) is 17.5 Å². The minimum absolute atomic E-state index is 0.0825. The molecule has 0 bridgehead atoms. The summed E-state index contributed by atoms with van der Waals surface area (Å²) in [6.07, 6.45) is 1.75. The summed E-state index contributed by atoms with van der Waals surface area (Å²) in [5, 5.41) is 12.1. The Hall–Kier alpha value is -1.92. The van der Waals surface area contributed by atoms with Crippen LogP contribution in [0.15, 0.2) is 18.2 Å². The molecule has 1 aromatic carbocycles. The first kappa shape index (κ1) is 16.0. The number of ether oxygens (including phenoxy) is 2. The lowest BCUT2D eigenvalue weighted by atomic mass is 9.86. The number of rotatable bonds is 4. The largest absolute Gasteiger partial charge is 0.481 e. The van der Waals surface area contributed by atoms with Crippen LogP contribution >= 0.6 is 0 Å². The lowest BCUT2D eigenvalue weighted by Crippen LogP contribution is -2.53. The smallest absolute Gasteiger partial charge is 0.305 e. The molecule has 1 fully saturated rings. The number of benzene rings is 1. The lowest BCUT2D eigenvalue weighted by Gasteiger charge is -2.37. The number of fused-ring (bicyclic) bond motifs is 1. The third kappa shape index (κ3) is 3.71. The maximum atomic E-state index is 12.6. The van der Waals surface area contributed by atoms with E-state index < -0.39 is 11.5 Å². The van der Waals surface area contributed by atoms with Crippen LogP contribution in [0.3, 0.4) is 0 Å². The van der Waals surface area contributed by atoms with Gasteiger partial charge in [-0.3, -0.25) is 9.59 Å². The number of hydrogen-bond donors (Lipinski definition) is 2. The van der Waals surface area contributed by atoms with Crippen LogP contribution in [0.2, 0.25) is 0 Å². The predicted octanol–water partition coefficient (Wildman–Crippen LogP) is 1.51. The maximum absolute atomic E-state index is 12.6. The summed E-state index contributed by atoms with van der Waals surface area (Å²) in [5.41, 5.74) is 2.09. The van der Waals surface area contributed by atoms with Crippen molar-refractivity contribution in [3.63, 3.8) is 0 Å². The normalized spacial score (nSPS) is 19.7. The van der Waals surface area contributed by atoms with Gasteiger partial charge in [-0.1, -0.05) is 6.07 Å². The van der Waals surface area contributed by atoms with Gasteiger partial charge in [0.25, 0.3) is 5.91 Å². The highest BCUT2D eigenvalue weighted by Crippen LogP contribution is 2.26. The van der Waals surface area contributed by atoms with E-state index in [1.165, 1.54) is 0 Å². The topological polar surface area (TPSA) is 84.9 Å². The highest BCUT2D eigenvalue weighted by atomic mass is 16.5. The van der Waals surface area contributed by atoms with E-state index >= 15 is 0 Å². The molecule has 1 saturated heterocycles. The molecule has 2 N–H and O–H groups in total. The summed E-state index contributed by atoms with van der Waals surface area (Å²) in [7, 11) is 0. The average Bonchev–Trinajstić information content (AvgIpc) is 2.54. The molecule has 0 saturated carbocycles. The number of nitrogens with one attached hydrogen (secondary N) is 1. The Labute approximate surface area is 134 Å². The Bertz CT molecular complexity index is 607. The molecule has 0 aliphatic carbocycles. The Morgan fingerprint density at radius 3 is 2.65 bits per heavy atom. The molecule has 0 unspecified atom stereocenters. The van der Waals surface area contributed by atoms with E-state index in [1.807, 2.05) is 12.1 Å². The molecule has 2 aliphatic rings. The van der Waals surface area contributed by atoms with Crippen molar-refractivity contribution < 1.29 is 24.2 Å². The van der Waals surface area contributed by atoms with Gasteiger partial charge in [-0.25, -0.2) is 0 Å². The molecular weight excluding hydrogens is 298 g/mol. The standard InChI is InChI=1S/C17H21NO5/c19-15(20)10-17(4-7-22-8-5-17)18-16(21)13-1-2-14-11-23-6-3-12(14)9-13/h1-2,9H,3-8,10-11H2,(H,18,21)(H,19,20). The molecule has 23 heavy (non-hydrogen) atoms. The first-order valence-corrected chi connectivity index (χ1v) is 7.90. The van der Waals surface area contributed by atoms with Crippen molar-refractivity contribution in [1.82, 2.24) is 5.32 Å². The molecule has 6 heteroatoms. The molecule has 1 amide bonds. The van der Waals surface area contributed by atoms with E-state index in [-0.39, 0.29) is 12.3 Å². The summed E-state index contributed by atoms with van der Waals surface area (Å²) < 4.78 is 10.7. The van der Waals surface area contributed by atoms with Crippen LogP contribution < -0.4 is 5.32 Å². The summed E-state index contributed by atoms with van der Waals surface area (Å²) in [6, 6.07) is 5.58. The number of carbonyl (C=O) groups is 2. The number of carboxylic acids is 1. The van der Waals surface area contributed by atoms with Crippen LogP contribution in [0.4, 0.5) is 0 Å². The maximum Gasteiger partial charge on any atom is 0.305 e. The molecule has 2 heterocycles. The van der Waals surface area contributed by atoms with Crippen molar-refractivity contribution in [1.29, 1.82) is 0 Å². The second-order valence-corrected chi connectivity index (χ2v) is 6.20. The molecule has 1 aromatic rings. The highest BCUT2D eigenvalue weighted by molar-refractivity contribution is 5.95. The molecule has 3 rings (SSSR count). The van der Waals surface area contributed by atoms with Crippen molar-refractivity contribution in [2.24, 2.45) is 0 Å². The predicted molar refractivity (Wildman–Crippen MR) is 82.3 cm³/mol. The van der Waals surface area contributed by atoms with Gasteiger partial charge in [0.05, 0.1) is 25.2 Å². The van der Waals surface area contributed by atoms with E-state index in [4.69, 9.17) is 14.6 Å². The minimum atomic E-state index is -0.908. The van der Waals surface area contributed by atoms with Crippen molar-refractivity contribution in [3.05, 3.63) is 34.9 Å². The second-order valence-electron chi connectivity index (χ2n) is 6.20. The van der Waals surface area contributed by atoms with Gasteiger partial charge in [-0.2, -0.15) is 0 Å². The Morgan fingerprint density at radius 1 is 1.13 bits per heavy atom. The Kier molecular flexibility index (Phi) is 4.63. The van der Waals surface area contributed by atoms with Gasteiger partial charge in [-0.05, 0) is 42.5 Å².